The van der Waals surface area contributed by atoms with Crippen LogP contribution in [0.1, 0.15) is 0 Å². The predicted octanol–water partition coefficient (Wildman–Crippen LogP) is 2.35. The minimum absolute atomic E-state index is 0.177. The average molecular weight is 241 g/mol. The Labute approximate surface area is 88.0 Å². The van der Waals surface area contributed by atoms with Crippen LogP contribution in [0.4, 0.5) is 21.7 Å². The Hall–Kier alpha value is -1.47. The third kappa shape index (κ3) is 3.01. The zero-order valence-corrected chi connectivity index (χ0v) is 8.09. The summed E-state index contributed by atoms with van der Waals surface area (Å²) >= 11 is 0. The number of hydrogen-bond donors (Lipinski definition) is 0. The maximum absolute atomic E-state index is 12.3. The van der Waals surface area contributed by atoms with E-state index < -0.39 is 24.8 Å². The van der Waals surface area contributed by atoms with E-state index in [0.29, 0.717) is 6.07 Å². The second-order valence-electron chi connectivity index (χ2n) is 2.86. The van der Waals surface area contributed by atoms with Gasteiger partial charge in [0.2, 0.25) is 0 Å². The van der Waals surface area contributed by atoms with Crippen molar-refractivity contribution >= 4 is 12.4 Å². The van der Waals surface area contributed by atoms with Crippen molar-refractivity contribution in [3.8, 4) is 11.5 Å². The lowest BCUT2D eigenvalue weighted by Crippen LogP contribution is -2.33. The lowest BCUT2D eigenvalue weighted by atomic mass is 9.80. The van der Waals surface area contributed by atoms with Crippen LogP contribution in [0.3, 0.4) is 0 Å². The lowest BCUT2D eigenvalue weighted by molar-refractivity contribution is -0.0511. The summed E-state index contributed by atoms with van der Waals surface area (Å²) in [5.74, 6) is -0.807. The van der Waals surface area contributed by atoms with Crippen molar-refractivity contribution in [2.75, 3.05) is 7.11 Å². The summed E-state index contributed by atoms with van der Waals surface area (Å²) in [4.78, 5) is 0. The van der Waals surface area contributed by atoms with Crippen LogP contribution in [0.25, 0.3) is 0 Å². The van der Waals surface area contributed by atoms with E-state index in [2.05, 4.69) is 9.47 Å². The Morgan fingerprint density at radius 3 is 2.19 bits per heavy atom. The molecule has 0 aliphatic carbocycles. The predicted molar refractivity (Wildman–Crippen MR) is 48.3 cm³/mol. The van der Waals surface area contributed by atoms with Crippen LogP contribution in [0, 0.1) is 0 Å². The fraction of sp³-hybridized carbons (Fsp3) is 0.250. The van der Waals surface area contributed by atoms with Gasteiger partial charge in [-0.2, -0.15) is 8.78 Å². The van der Waals surface area contributed by atoms with Crippen molar-refractivity contribution in [3.63, 3.8) is 0 Å². The molecule has 0 amide bonds. The third-order valence-electron chi connectivity index (χ3n) is 1.78. The van der Waals surface area contributed by atoms with Crippen LogP contribution in [0.15, 0.2) is 18.2 Å². The molecule has 90 valence electrons. The summed E-state index contributed by atoms with van der Waals surface area (Å²) in [6, 6.07) is 2.17. The highest BCUT2D eigenvalue weighted by atomic mass is 19.4. The van der Waals surface area contributed by atoms with Crippen molar-refractivity contribution in [1.82, 2.24) is 0 Å². The molecule has 0 aromatic heterocycles. The molecule has 0 aliphatic heterocycles. The summed E-state index contributed by atoms with van der Waals surface area (Å²) < 4.78 is 69.3. The highest BCUT2D eigenvalue weighted by Gasteiger charge is 2.27. The molecule has 0 saturated carbocycles. The van der Waals surface area contributed by atoms with Gasteiger partial charge >= 0.3 is 13.6 Å². The smallest absolute Gasteiger partial charge is 0.493 e. The van der Waals surface area contributed by atoms with Crippen molar-refractivity contribution in [2.45, 2.75) is 6.61 Å². The summed E-state index contributed by atoms with van der Waals surface area (Å²) in [5.41, 5.74) is -1.02. The van der Waals surface area contributed by atoms with Crippen LogP contribution in [0.2, 0.25) is 0 Å². The monoisotopic (exact) mass is 241 g/mol. The fourth-order valence-electron chi connectivity index (χ4n) is 1.08. The van der Waals surface area contributed by atoms with Crippen LogP contribution in [0.5, 0.6) is 11.5 Å². The molecule has 0 unspecified atom stereocenters. The average Bonchev–Trinajstić information content (AvgIpc) is 2.15. The van der Waals surface area contributed by atoms with E-state index in [9.17, 15) is 21.7 Å². The molecule has 16 heavy (non-hydrogen) atoms. The van der Waals surface area contributed by atoms with Gasteiger partial charge in [-0.25, -0.2) is 0 Å². The Morgan fingerprint density at radius 2 is 1.75 bits per heavy atom. The van der Waals surface area contributed by atoms with Crippen LogP contribution in [-0.4, -0.2) is 20.7 Å². The molecule has 0 atom stereocenters. The van der Waals surface area contributed by atoms with E-state index in [1.807, 2.05) is 0 Å². The molecule has 2 nitrogen and oxygen atoms in total. The number of rotatable bonds is 4. The van der Waals surface area contributed by atoms with Gasteiger partial charge in [0.25, 0.3) is 0 Å². The molecular formula is C8H7BF5O2-. The van der Waals surface area contributed by atoms with Gasteiger partial charge in [0.15, 0.2) is 11.5 Å². The first kappa shape index (κ1) is 12.6. The van der Waals surface area contributed by atoms with Crippen molar-refractivity contribution in [3.05, 3.63) is 18.2 Å². The van der Waals surface area contributed by atoms with Gasteiger partial charge in [-0.15, -0.1) is 5.46 Å². The van der Waals surface area contributed by atoms with E-state index in [-0.39, 0.29) is 5.75 Å². The SMILES string of the molecule is COc1ccc([B-](F)(F)F)cc1OC(F)F. The zero-order valence-electron chi connectivity index (χ0n) is 8.09. The zero-order chi connectivity index (χ0) is 12.3. The molecule has 0 fully saturated rings. The third-order valence-corrected chi connectivity index (χ3v) is 1.78. The number of alkyl halides is 2. The van der Waals surface area contributed by atoms with Crippen molar-refractivity contribution in [1.29, 1.82) is 0 Å². The first-order valence-corrected chi connectivity index (χ1v) is 4.17. The molecular weight excluding hydrogens is 234 g/mol. The van der Waals surface area contributed by atoms with Crippen LogP contribution >= 0.6 is 0 Å². The van der Waals surface area contributed by atoms with Gasteiger partial charge in [-0.3, -0.25) is 0 Å². The maximum Gasteiger partial charge on any atom is 0.509 e. The van der Waals surface area contributed by atoms with E-state index in [1.165, 1.54) is 0 Å². The minimum Gasteiger partial charge on any atom is -0.493 e. The van der Waals surface area contributed by atoms with Crippen LogP contribution < -0.4 is 14.9 Å². The van der Waals surface area contributed by atoms with Crippen molar-refractivity contribution in [2.24, 2.45) is 0 Å². The summed E-state index contributed by atoms with van der Waals surface area (Å²) in [6.45, 7) is -8.46. The van der Waals surface area contributed by atoms with Gasteiger partial charge in [-0.1, -0.05) is 6.07 Å². The maximum atomic E-state index is 12.3. The molecule has 1 aromatic rings. The van der Waals surface area contributed by atoms with Crippen LogP contribution in [-0.2, 0) is 0 Å². The van der Waals surface area contributed by atoms with Gasteiger partial charge in [0.05, 0.1) is 7.11 Å². The van der Waals surface area contributed by atoms with E-state index >= 15 is 0 Å². The summed E-state index contributed by atoms with van der Waals surface area (Å²) in [6.07, 6.45) is 0. The molecule has 0 N–H and O–H groups in total. The summed E-state index contributed by atoms with van der Waals surface area (Å²) in [7, 11) is 1.14. The lowest BCUT2D eigenvalue weighted by Gasteiger charge is -2.17. The van der Waals surface area contributed by atoms with Gasteiger partial charge in [0, 0.05) is 0 Å². The number of benzene rings is 1. The Kier molecular flexibility index (Phi) is 3.61. The Bertz CT molecular complexity index is 366. The number of halogens is 5. The molecule has 0 radical (unpaired) electrons. The number of methoxy groups -OCH3 is 1. The molecule has 1 rings (SSSR count). The quantitative estimate of drug-likeness (QED) is 0.595. The van der Waals surface area contributed by atoms with Crippen molar-refractivity contribution < 1.29 is 31.2 Å². The first-order chi connectivity index (χ1) is 7.34. The highest BCUT2D eigenvalue weighted by molar-refractivity contribution is 6.73. The minimum atomic E-state index is -5.25. The molecule has 0 aliphatic rings. The first-order valence-electron chi connectivity index (χ1n) is 4.17. The number of ether oxygens (including phenoxy) is 2. The molecule has 8 heteroatoms. The second-order valence-corrected chi connectivity index (χ2v) is 2.86. The van der Waals surface area contributed by atoms with E-state index in [4.69, 9.17) is 0 Å². The molecule has 0 spiro atoms. The Balaban J connectivity index is 3.11. The number of hydrogen-bond acceptors (Lipinski definition) is 2. The molecule has 0 saturated heterocycles. The standard InChI is InChI=1S/C8H7BF5O2/c1-15-6-3-2-5(9(12,13)14)4-7(6)16-8(10)11/h2-4,8H,1H3/q-1. The normalized spacial score (nSPS) is 11.7. The molecule has 0 heterocycles. The fourth-order valence-corrected chi connectivity index (χ4v) is 1.08. The second kappa shape index (κ2) is 4.59. The Morgan fingerprint density at radius 1 is 1.12 bits per heavy atom. The topological polar surface area (TPSA) is 18.5 Å². The molecule has 1 aromatic carbocycles. The van der Waals surface area contributed by atoms with Gasteiger partial charge in [0.1, 0.15) is 0 Å². The van der Waals surface area contributed by atoms with Gasteiger partial charge in [-0.05, 0) is 12.1 Å². The summed E-state index contributed by atoms with van der Waals surface area (Å²) in [5, 5.41) is 0. The largest absolute Gasteiger partial charge is 0.509 e. The highest BCUT2D eigenvalue weighted by Crippen LogP contribution is 2.28. The molecule has 0 bridgehead atoms. The van der Waals surface area contributed by atoms with E-state index in [0.717, 1.165) is 19.2 Å². The van der Waals surface area contributed by atoms with Gasteiger partial charge < -0.3 is 22.4 Å². The van der Waals surface area contributed by atoms with E-state index in [1.54, 1.807) is 0 Å².